The van der Waals surface area contributed by atoms with Gasteiger partial charge < -0.3 is 19.4 Å². The highest BCUT2D eigenvalue weighted by Gasteiger charge is 2.31. The number of carbonyl (C=O) groups is 2. The normalized spacial score (nSPS) is 17.6. The molecule has 9 heteroatoms. The number of anilines is 1. The number of hydrogen-bond acceptors (Lipinski definition) is 6. The largest absolute Gasteiger partial charge is 0.457 e. The van der Waals surface area contributed by atoms with Gasteiger partial charge in [0, 0.05) is 37.0 Å². The predicted molar refractivity (Wildman–Crippen MR) is 134 cm³/mol. The minimum Gasteiger partial charge on any atom is -0.457 e. The van der Waals surface area contributed by atoms with Gasteiger partial charge >= 0.3 is 6.09 Å². The Balaban J connectivity index is 1.38. The molecule has 182 valence electrons. The summed E-state index contributed by atoms with van der Waals surface area (Å²) in [5.41, 5.74) is 4.04. The lowest BCUT2D eigenvalue weighted by molar-refractivity contribution is -0.129. The number of ether oxygens (including phenoxy) is 2. The van der Waals surface area contributed by atoms with Gasteiger partial charge in [-0.2, -0.15) is 0 Å². The first kappa shape index (κ1) is 22.1. The number of likely N-dealkylation sites (tertiary alicyclic amines) is 1. The monoisotopic (exact) mass is 483 g/mol. The number of nitrogens with zero attached hydrogens (tertiary/aromatic N) is 4. The first-order valence-corrected chi connectivity index (χ1v) is 12.0. The summed E-state index contributed by atoms with van der Waals surface area (Å²) >= 11 is 0. The van der Waals surface area contributed by atoms with Gasteiger partial charge in [-0.05, 0) is 55.3 Å². The molecule has 2 amide bonds. The van der Waals surface area contributed by atoms with E-state index in [1.807, 2.05) is 59.5 Å². The summed E-state index contributed by atoms with van der Waals surface area (Å²) in [6.07, 6.45) is 3.18. The minimum atomic E-state index is -0.343. The van der Waals surface area contributed by atoms with Crippen LogP contribution in [0.3, 0.4) is 0 Å². The number of hydrogen-bond donors (Lipinski definition) is 1. The lowest BCUT2D eigenvalue weighted by atomic mass is 10.0. The number of amides is 2. The number of benzene rings is 2. The fourth-order valence-corrected chi connectivity index (χ4v) is 4.94. The average Bonchev–Trinajstić information content (AvgIpc) is 3.64. The molecule has 0 radical (unpaired) electrons. The van der Waals surface area contributed by atoms with Crippen LogP contribution in [0, 0.1) is 0 Å². The van der Waals surface area contributed by atoms with E-state index >= 15 is 0 Å². The summed E-state index contributed by atoms with van der Waals surface area (Å²) in [5.74, 6) is 1.99. The van der Waals surface area contributed by atoms with Crippen molar-refractivity contribution in [3.63, 3.8) is 0 Å². The molecule has 36 heavy (non-hydrogen) atoms. The molecular formula is C27H25N5O4. The minimum absolute atomic E-state index is 0.0455. The number of carbonyl (C=O) groups excluding carboxylic acids is 2. The molecule has 1 unspecified atom stereocenters. The third-order valence-corrected chi connectivity index (χ3v) is 6.67. The van der Waals surface area contributed by atoms with Crippen molar-refractivity contribution in [1.29, 1.82) is 0 Å². The molecule has 9 nitrogen and oxygen atoms in total. The predicted octanol–water partition coefficient (Wildman–Crippen LogP) is 5.06. The number of nitrogens with one attached hydrogen (secondary N) is 1. The van der Waals surface area contributed by atoms with E-state index in [0.29, 0.717) is 30.5 Å². The van der Waals surface area contributed by atoms with Crippen molar-refractivity contribution in [3.05, 3.63) is 66.4 Å². The quantitative estimate of drug-likeness (QED) is 0.426. The van der Waals surface area contributed by atoms with E-state index in [4.69, 9.17) is 14.5 Å². The van der Waals surface area contributed by atoms with Crippen molar-refractivity contribution >= 4 is 28.7 Å². The second kappa shape index (κ2) is 8.99. The number of pyridine rings is 1. The van der Waals surface area contributed by atoms with Crippen molar-refractivity contribution in [2.24, 2.45) is 0 Å². The number of fused-ring (bicyclic) bond motifs is 1. The topological polar surface area (TPSA) is 101 Å². The Kier molecular flexibility index (Phi) is 5.52. The van der Waals surface area contributed by atoms with E-state index in [9.17, 15) is 9.59 Å². The molecule has 4 heterocycles. The van der Waals surface area contributed by atoms with E-state index in [1.165, 1.54) is 0 Å². The van der Waals surface area contributed by atoms with Crippen molar-refractivity contribution in [2.45, 2.75) is 25.8 Å². The van der Waals surface area contributed by atoms with E-state index in [2.05, 4.69) is 9.97 Å². The van der Waals surface area contributed by atoms with Gasteiger partial charge in [-0.3, -0.25) is 14.7 Å². The van der Waals surface area contributed by atoms with Crippen LogP contribution in [-0.2, 0) is 9.53 Å². The summed E-state index contributed by atoms with van der Waals surface area (Å²) in [6, 6.07) is 16.9. The molecule has 2 aliphatic rings. The Hall–Kier alpha value is -4.40. The number of cyclic esters (lactones) is 1. The molecule has 0 aliphatic carbocycles. The van der Waals surface area contributed by atoms with Gasteiger partial charge in [0.2, 0.25) is 5.91 Å². The molecule has 4 aromatic rings. The van der Waals surface area contributed by atoms with Crippen LogP contribution < -0.4 is 9.64 Å². The molecule has 2 saturated heterocycles. The molecule has 2 aromatic carbocycles. The van der Waals surface area contributed by atoms with Crippen LogP contribution in [-0.4, -0.2) is 51.5 Å². The molecule has 0 saturated carbocycles. The fourth-order valence-electron chi connectivity index (χ4n) is 4.94. The smallest absolute Gasteiger partial charge is 0.414 e. The number of aromatic amines is 1. The van der Waals surface area contributed by atoms with Gasteiger partial charge in [0.25, 0.3) is 0 Å². The standard InChI is InChI=1S/C27H25N5O4/c1-17(33)31-12-4-6-24(31)20-15-22-23(30-26(29-22)21-5-2-3-11-28-21)16-25(20)36-19-9-7-18(8-10-19)32-13-14-35-27(32)34/h2-3,5,7-11,15-16,24H,4,6,12-14H2,1H3,(H,29,30). The molecule has 1 N–H and O–H groups in total. The SMILES string of the molecule is CC(=O)N1CCCC1c1cc2[nH]c(-c3ccccn3)nc2cc1Oc1ccc(N2CCOC2=O)cc1. The Morgan fingerprint density at radius 2 is 2.00 bits per heavy atom. The number of imidazole rings is 1. The maximum atomic E-state index is 12.4. The number of H-pyrrole nitrogens is 1. The highest BCUT2D eigenvalue weighted by molar-refractivity contribution is 5.89. The number of aromatic nitrogens is 3. The van der Waals surface area contributed by atoms with Crippen LogP contribution >= 0.6 is 0 Å². The third kappa shape index (κ3) is 4.02. The summed E-state index contributed by atoms with van der Waals surface area (Å²) in [5, 5.41) is 0. The third-order valence-electron chi connectivity index (χ3n) is 6.67. The van der Waals surface area contributed by atoms with Crippen molar-refractivity contribution in [2.75, 3.05) is 24.6 Å². The molecular weight excluding hydrogens is 458 g/mol. The molecule has 0 spiro atoms. The highest BCUT2D eigenvalue weighted by atomic mass is 16.6. The lowest BCUT2D eigenvalue weighted by Crippen LogP contribution is -2.28. The Bertz CT molecular complexity index is 1430. The second-order valence-corrected chi connectivity index (χ2v) is 8.94. The van der Waals surface area contributed by atoms with E-state index in [0.717, 1.165) is 47.4 Å². The summed E-state index contributed by atoms with van der Waals surface area (Å²) in [6.45, 7) is 3.24. The molecule has 1 atom stereocenters. The van der Waals surface area contributed by atoms with Crippen LogP contribution in [0.25, 0.3) is 22.6 Å². The highest BCUT2D eigenvalue weighted by Crippen LogP contribution is 2.41. The molecule has 0 bridgehead atoms. The van der Waals surface area contributed by atoms with E-state index in [-0.39, 0.29) is 18.0 Å². The van der Waals surface area contributed by atoms with Gasteiger partial charge in [-0.25, -0.2) is 9.78 Å². The van der Waals surface area contributed by atoms with Gasteiger partial charge in [-0.15, -0.1) is 0 Å². The molecule has 6 rings (SSSR count). The van der Waals surface area contributed by atoms with Crippen LogP contribution in [0.1, 0.15) is 31.4 Å². The van der Waals surface area contributed by atoms with Crippen LogP contribution in [0.4, 0.5) is 10.5 Å². The zero-order chi connectivity index (χ0) is 24.6. The average molecular weight is 484 g/mol. The van der Waals surface area contributed by atoms with Gasteiger partial charge in [-0.1, -0.05) is 6.07 Å². The molecule has 2 fully saturated rings. The Labute approximate surface area is 207 Å². The molecule has 2 aromatic heterocycles. The second-order valence-electron chi connectivity index (χ2n) is 8.94. The zero-order valence-electron chi connectivity index (χ0n) is 19.8. The molecule has 2 aliphatic heterocycles. The van der Waals surface area contributed by atoms with Crippen molar-refractivity contribution in [1.82, 2.24) is 19.9 Å². The van der Waals surface area contributed by atoms with Crippen molar-refractivity contribution in [3.8, 4) is 23.0 Å². The van der Waals surface area contributed by atoms with Gasteiger partial charge in [0.1, 0.15) is 23.8 Å². The summed E-state index contributed by atoms with van der Waals surface area (Å²) in [7, 11) is 0. The number of rotatable bonds is 5. The van der Waals surface area contributed by atoms with Crippen molar-refractivity contribution < 1.29 is 19.1 Å². The van der Waals surface area contributed by atoms with E-state index < -0.39 is 0 Å². The zero-order valence-corrected chi connectivity index (χ0v) is 19.8. The van der Waals surface area contributed by atoms with Gasteiger partial charge in [0.15, 0.2) is 5.82 Å². The summed E-state index contributed by atoms with van der Waals surface area (Å²) < 4.78 is 11.4. The van der Waals surface area contributed by atoms with Crippen LogP contribution in [0.15, 0.2) is 60.8 Å². The Morgan fingerprint density at radius 1 is 1.14 bits per heavy atom. The first-order valence-electron chi connectivity index (χ1n) is 12.0. The summed E-state index contributed by atoms with van der Waals surface area (Å²) in [4.78, 5) is 40.2. The fraction of sp³-hybridized carbons (Fsp3) is 0.259. The van der Waals surface area contributed by atoms with Crippen LogP contribution in [0.2, 0.25) is 0 Å². The maximum Gasteiger partial charge on any atom is 0.414 e. The van der Waals surface area contributed by atoms with Gasteiger partial charge in [0.05, 0.1) is 23.6 Å². The lowest BCUT2D eigenvalue weighted by Gasteiger charge is -2.25. The maximum absolute atomic E-state index is 12.4. The van der Waals surface area contributed by atoms with E-state index in [1.54, 1.807) is 18.0 Å². The Morgan fingerprint density at radius 3 is 2.72 bits per heavy atom. The van der Waals surface area contributed by atoms with Crippen LogP contribution in [0.5, 0.6) is 11.5 Å². The first-order chi connectivity index (χ1) is 17.6.